The number of para-hydroxylation sites is 4. The molecule has 0 aliphatic heterocycles. The van der Waals surface area contributed by atoms with Gasteiger partial charge in [0.25, 0.3) is 0 Å². The lowest BCUT2D eigenvalue weighted by Gasteiger charge is -2.29. The third-order valence-corrected chi connectivity index (χ3v) is 11.6. The van der Waals surface area contributed by atoms with Crippen LogP contribution in [0, 0.1) is 0 Å². The summed E-state index contributed by atoms with van der Waals surface area (Å²) in [7, 11) is 0. The van der Waals surface area contributed by atoms with E-state index in [1.54, 1.807) is 0 Å². The Balaban J connectivity index is 1.11. The Morgan fingerprint density at radius 3 is 1.24 bits per heavy atom. The fourth-order valence-corrected chi connectivity index (χ4v) is 9.01. The molecular weight excluding hydrogens is 709 g/mol. The molecule has 0 spiro atoms. The standard InChI is InChI=1S/C54H34N2O2/c1-3-14-35(15-4-1)55(37-26-30-53-47(32-37)44-20-9-11-24-51(44)57-53)49-23-13-22-40-43(49)29-28-41-39-18-7-8-19-42(39)50(34-46(40)41)56(36-16-5-2-6-17-36)38-27-31-54-48(33-38)45-21-10-12-25-52(45)58-54/h1-34H. The van der Waals surface area contributed by atoms with Crippen LogP contribution in [0.2, 0.25) is 0 Å². The van der Waals surface area contributed by atoms with Crippen LogP contribution in [-0.2, 0) is 0 Å². The molecule has 12 aromatic rings. The summed E-state index contributed by atoms with van der Waals surface area (Å²) in [6.45, 7) is 0. The molecule has 0 unspecified atom stereocenters. The number of hydrogen-bond donors (Lipinski definition) is 0. The molecule has 0 atom stereocenters. The predicted molar refractivity (Wildman–Crippen MR) is 243 cm³/mol. The molecule has 0 fully saturated rings. The van der Waals surface area contributed by atoms with Gasteiger partial charge in [-0.3, -0.25) is 0 Å². The first-order chi connectivity index (χ1) is 28.8. The van der Waals surface area contributed by atoms with Crippen LogP contribution in [0.5, 0.6) is 0 Å². The van der Waals surface area contributed by atoms with Gasteiger partial charge in [0.1, 0.15) is 22.3 Å². The van der Waals surface area contributed by atoms with Crippen LogP contribution in [0.25, 0.3) is 76.2 Å². The van der Waals surface area contributed by atoms with Crippen LogP contribution >= 0.6 is 0 Å². The molecular formula is C54H34N2O2. The van der Waals surface area contributed by atoms with Gasteiger partial charge in [0, 0.05) is 55.1 Å². The Morgan fingerprint density at radius 1 is 0.224 bits per heavy atom. The molecule has 0 amide bonds. The zero-order valence-electron chi connectivity index (χ0n) is 31.3. The SMILES string of the molecule is c1ccc(N(c2ccc3oc4ccccc4c3c2)c2cc3c4cccc(N(c5ccccc5)c5ccc6oc7ccccc7c6c5)c4ccc3c3ccccc23)cc1. The number of fused-ring (bicyclic) bond motifs is 11. The van der Waals surface area contributed by atoms with Crippen LogP contribution in [0.4, 0.5) is 34.1 Å². The topological polar surface area (TPSA) is 32.8 Å². The van der Waals surface area contributed by atoms with Gasteiger partial charge >= 0.3 is 0 Å². The monoisotopic (exact) mass is 742 g/mol. The first-order valence-corrected chi connectivity index (χ1v) is 19.7. The quantitative estimate of drug-likeness (QED) is 0.159. The van der Waals surface area contributed by atoms with Gasteiger partial charge in [0.05, 0.1) is 11.4 Å². The number of anilines is 6. The lowest BCUT2D eigenvalue weighted by Crippen LogP contribution is -2.11. The Labute approximate surface area is 334 Å². The van der Waals surface area contributed by atoms with E-state index < -0.39 is 0 Å². The highest BCUT2D eigenvalue weighted by molar-refractivity contribution is 6.23. The van der Waals surface area contributed by atoms with E-state index in [2.05, 4.69) is 192 Å². The Bertz CT molecular complexity index is 3530. The average Bonchev–Trinajstić information content (AvgIpc) is 3.85. The van der Waals surface area contributed by atoms with Crippen molar-refractivity contribution in [3.63, 3.8) is 0 Å². The molecule has 4 nitrogen and oxygen atoms in total. The fourth-order valence-electron chi connectivity index (χ4n) is 9.01. The minimum Gasteiger partial charge on any atom is -0.456 e. The van der Waals surface area contributed by atoms with Gasteiger partial charge in [-0.05, 0) is 106 Å². The zero-order valence-corrected chi connectivity index (χ0v) is 31.3. The van der Waals surface area contributed by atoms with Crippen molar-refractivity contribution in [3.8, 4) is 0 Å². The Kier molecular flexibility index (Phi) is 7.20. The van der Waals surface area contributed by atoms with E-state index in [4.69, 9.17) is 8.83 Å². The molecule has 0 N–H and O–H groups in total. The van der Waals surface area contributed by atoms with E-state index in [0.717, 1.165) is 83.4 Å². The zero-order chi connectivity index (χ0) is 38.2. The van der Waals surface area contributed by atoms with Crippen molar-refractivity contribution in [2.24, 2.45) is 0 Å². The highest BCUT2D eigenvalue weighted by Crippen LogP contribution is 2.47. The maximum Gasteiger partial charge on any atom is 0.135 e. The van der Waals surface area contributed by atoms with E-state index in [-0.39, 0.29) is 0 Å². The Morgan fingerprint density at radius 2 is 0.638 bits per heavy atom. The molecule has 2 heterocycles. The maximum atomic E-state index is 6.28. The van der Waals surface area contributed by atoms with Crippen molar-refractivity contribution >= 4 is 110 Å². The second kappa shape index (κ2) is 12.9. The summed E-state index contributed by atoms with van der Waals surface area (Å²) in [5.74, 6) is 0. The number of furan rings is 2. The molecule has 272 valence electrons. The van der Waals surface area contributed by atoms with Crippen molar-refractivity contribution in [2.45, 2.75) is 0 Å². The number of benzene rings is 10. The molecule has 0 bridgehead atoms. The molecule has 2 aromatic heterocycles. The third-order valence-electron chi connectivity index (χ3n) is 11.6. The molecule has 0 radical (unpaired) electrons. The van der Waals surface area contributed by atoms with Crippen molar-refractivity contribution in [2.75, 3.05) is 9.80 Å². The highest BCUT2D eigenvalue weighted by Gasteiger charge is 2.22. The van der Waals surface area contributed by atoms with E-state index in [1.165, 1.54) is 26.9 Å². The van der Waals surface area contributed by atoms with Gasteiger partial charge in [-0.2, -0.15) is 0 Å². The lowest BCUT2D eigenvalue weighted by molar-refractivity contribution is 0.668. The van der Waals surface area contributed by atoms with Crippen LogP contribution in [-0.4, -0.2) is 0 Å². The summed E-state index contributed by atoms with van der Waals surface area (Å²) in [6, 6.07) is 73.5. The summed E-state index contributed by atoms with van der Waals surface area (Å²) in [5, 5.41) is 11.5. The number of hydrogen-bond acceptors (Lipinski definition) is 4. The van der Waals surface area contributed by atoms with Crippen molar-refractivity contribution in [1.82, 2.24) is 0 Å². The van der Waals surface area contributed by atoms with E-state index >= 15 is 0 Å². The number of nitrogens with zero attached hydrogens (tertiary/aromatic N) is 2. The molecule has 58 heavy (non-hydrogen) atoms. The smallest absolute Gasteiger partial charge is 0.135 e. The van der Waals surface area contributed by atoms with Crippen LogP contribution in [0.15, 0.2) is 215 Å². The van der Waals surface area contributed by atoms with Gasteiger partial charge in [0.15, 0.2) is 0 Å². The first kappa shape index (κ1) is 32.4. The highest BCUT2D eigenvalue weighted by atomic mass is 16.3. The second-order valence-electron chi connectivity index (χ2n) is 14.9. The van der Waals surface area contributed by atoms with Gasteiger partial charge < -0.3 is 18.6 Å². The summed E-state index contributed by atoms with van der Waals surface area (Å²) < 4.78 is 12.5. The van der Waals surface area contributed by atoms with Gasteiger partial charge in [-0.15, -0.1) is 0 Å². The fraction of sp³-hybridized carbons (Fsp3) is 0. The molecule has 12 rings (SSSR count). The van der Waals surface area contributed by atoms with Crippen molar-refractivity contribution in [3.05, 3.63) is 206 Å². The predicted octanol–water partition coefficient (Wildman–Crippen LogP) is 15.9. The average molecular weight is 743 g/mol. The van der Waals surface area contributed by atoms with E-state index in [9.17, 15) is 0 Å². The maximum absolute atomic E-state index is 6.28. The van der Waals surface area contributed by atoms with Crippen LogP contribution in [0.1, 0.15) is 0 Å². The third kappa shape index (κ3) is 5.02. The van der Waals surface area contributed by atoms with Gasteiger partial charge in [0.2, 0.25) is 0 Å². The van der Waals surface area contributed by atoms with Gasteiger partial charge in [-0.1, -0.05) is 121 Å². The minimum absolute atomic E-state index is 0.878. The molecule has 4 heteroatoms. The number of rotatable bonds is 6. The van der Waals surface area contributed by atoms with Crippen LogP contribution in [0.3, 0.4) is 0 Å². The van der Waals surface area contributed by atoms with Crippen molar-refractivity contribution < 1.29 is 8.83 Å². The molecule has 0 aliphatic carbocycles. The largest absolute Gasteiger partial charge is 0.456 e. The van der Waals surface area contributed by atoms with Crippen LogP contribution < -0.4 is 9.80 Å². The van der Waals surface area contributed by atoms with E-state index in [1.807, 2.05) is 24.3 Å². The van der Waals surface area contributed by atoms with E-state index in [0.29, 0.717) is 0 Å². The normalized spacial score (nSPS) is 11.8. The summed E-state index contributed by atoms with van der Waals surface area (Å²) in [4.78, 5) is 4.77. The molecule has 0 aliphatic rings. The summed E-state index contributed by atoms with van der Waals surface area (Å²) >= 11 is 0. The summed E-state index contributed by atoms with van der Waals surface area (Å²) in [5.41, 5.74) is 10.0. The second-order valence-corrected chi connectivity index (χ2v) is 14.9. The minimum atomic E-state index is 0.878. The molecule has 0 saturated carbocycles. The van der Waals surface area contributed by atoms with Gasteiger partial charge in [-0.25, -0.2) is 0 Å². The lowest BCUT2D eigenvalue weighted by atomic mass is 9.94. The first-order valence-electron chi connectivity index (χ1n) is 19.7. The summed E-state index contributed by atoms with van der Waals surface area (Å²) in [6.07, 6.45) is 0. The Hall–Kier alpha value is -7.82. The van der Waals surface area contributed by atoms with Crippen molar-refractivity contribution in [1.29, 1.82) is 0 Å². The molecule has 0 saturated heterocycles. The molecule has 10 aromatic carbocycles.